The van der Waals surface area contributed by atoms with Crippen molar-refractivity contribution < 1.29 is 0 Å². The molecule has 1 aromatic heterocycles. The second-order valence-electron chi connectivity index (χ2n) is 4.59. The Kier molecular flexibility index (Phi) is 5.25. The molecule has 0 saturated carbocycles. The van der Waals surface area contributed by atoms with Crippen molar-refractivity contribution >= 4 is 23.4 Å². The number of benzene rings is 1. The number of hydrogen-bond donors (Lipinski definition) is 1. The summed E-state index contributed by atoms with van der Waals surface area (Å²) >= 11 is 7.99. The number of nitrogens with one attached hydrogen (secondary N) is 1. The molecule has 0 bridgehead atoms. The molecule has 1 N–H and O–H groups in total. The Bertz CT molecular complexity index is 529. The predicted octanol–water partition coefficient (Wildman–Crippen LogP) is 4.38. The van der Waals surface area contributed by atoms with Gasteiger partial charge in [-0.1, -0.05) is 43.3 Å². The quantitative estimate of drug-likeness (QED) is 0.885. The monoisotopic (exact) mass is 292 g/mol. The Morgan fingerprint density at radius 3 is 2.58 bits per heavy atom. The van der Waals surface area contributed by atoms with E-state index in [1.54, 1.807) is 24.2 Å². The van der Waals surface area contributed by atoms with Gasteiger partial charge in [-0.2, -0.15) is 0 Å². The van der Waals surface area contributed by atoms with Gasteiger partial charge in [0.1, 0.15) is 0 Å². The molecule has 0 unspecified atom stereocenters. The van der Waals surface area contributed by atoms with E-state index in [1.807, 2.05) is 18.2 Å². The van der Waals surface area contributed by atoms with Gasteiger partial charge in [-0.25, -0.2) is 0 Å². The van der Waals surface area contributed by atoms with Gasteiger partial charge < -0.3 is 5.32 Å². The summed E-state index contributed by atoms with van der Waals surface area (Å²) in [5, 5.41) is 4.18. The average Bonchev–Trinajstić information content (AvgIpc) is 2.40. The Morgan fingerprint density at radius 1 is 1.21 bits per heavy atom. The zero-order valence-corrected chi connectivity index (χ0v) is 12.6. The van der Waals surface area contributed by atoms with E-state index in [9.17, 15) is 0 Å². The van der Waals surface area contributed by atoms with Crippen LogP contribution in [-0.4, -0.2) is 11.0 Å². The zero-order valence-electron chi connectivity index (χ0n) is 11.1. The molecule has 0 saturated heterocycles. The highest BCUT2D eigenvalue weighted by atomic mass is 35.5. The molecule has 19 heavy (non-hydrogen) atoms. The summed E-state index contributed by atoms with van der Waals surface area (Å²) in [5.74, 6) is 0. The second-order valence-corrected chi connectivity index (χ2v) is 6.11. The van der Waals surface area contributed by atoms with Crippen molar-refractivity contribution in [3.05, 3.63) is 53.3 Å². The minimum Gasteiger partial charge on any atom is -0.310 e. The molecule has 2 aromatic rings. The van der Waals surface area contributed by atoms with Crippen molar-refractivity contribution in [3.63, 3.8) is 0 Å². The van der Waals surface area contributed by atoms with Crippen LogP contribution in [0.1, 0.15) is 19.4 Å². The standard InChI is InChI=1S/C15H17ClN2S/c1-11(2)18-10-12-3-4-15(14(16)9-12)19-13-5-7-17-8-6-13/h3-9,11,18H,10H2,1-2H3. The Hall–Kier alpha value is -1.03. The fourth-order valence-electron chi connectivity index (χ4n) is 1.59. The lowest BCUT2D eigenvalue weighted by atomic mass is 10.2. The minimum absolute atomic E-state index is 0.477. The smallest absolute Gasteiger partial charge is 0.0548 e. The van der Waals surface area contributed by atoms with Crippen molar-refractivity contribution in [1.82, 2.24) is 10.3 Å². The number of halogens is 1. The average molecular weight is 293 g/mol. The van der Waals surface area contributed by atoms with Crippen LogP contribution < -0.4 is 5.32 Å². The summed E-state index contributed by atoms with van der Waals surface area (Å²) in [6, 6.07) is 10.7. The fourth-order valence-corrected chi connectivity index (χ4v) is 2.72. The van der Waals surface area contributed by atoms with Gasteiger partial charge in [-0.3, -0.25) is 4.98 Å². The maximum Gasteiger partial charge on any atom is 0.0548 e. The van der Waals surface area contributed by atoms with Gasteiger partial charge in [0.15, 0.2) is 0 Å². The van der Waals surface area contributed by atoms with Crippen molar-refractivity contribution in [1.29, 1.82) is 0 Å². The summed E-state index contributed by atoms with van der Waals surface area (Å²) in [4.78, 5) is 6.22. The Labute approximate surface area is 123 Å². The molecule has 0 amide bonds. The van der Waals surface area contributed by atoms with Crippen LogP contribution in [0.5, 0.6) is 0 Å². The minimum atomic E-state index is 0.477. The highest BCUT2D eigenvalue weighted by molar-refractivity contribution is 7.99. The third-order valence-electron chi connectivity index (χ3n) is 2.59. The molecule has 4 heteroatoms. The van der Waals surface area contributed by atoms with E-state index in [1.165, 1.54) is 5.56 Å². The van der Waals surface area contributed by atoms with Gasteiger partial charge in [-0.15, -0.1) is 0 Å². The molecule has 0 aliphatic carbocycles. The lowest BCUT2D eigenvalue weighted by Crippen LogP contribution is -2.21. The molecule has 0 fully saturated rings. The van der Waals surface area contributed by atoms with Crippen molar-refractivity contribution in [2.24, 2.45) is 0 Å². The van der Waals surface area contributed by atoms with Crippen molar-refractivity contribution in [2.75, 3.05) is 0 Å². The highest BCUT2D eigenvalue weighted by Gasteiger charge is 2.04. The summed E-state index contributed by atoms with van der Waals surface area (Å²) < 4.78 is 0. The van der Waals surface area contributed by atoms with E-state index < -0.39 is 0 Å². The molecule has 1 aromatic carbocycles. The predicted molar refractivity (Wildman–Crippen MR) is 81.8 cm³/mol. The molecule has 2 rings (SSSR count). The summed E-state index contributed by atoms with van der Waals surface area (Å²) in [7, 11) is 0. The zero-order chi connectivity index (χ0) is 13.7. The number of nitrogens with zero attached hydrogens (tertiary/aromatic N) is 1. The first-order chi connectivity index (χ1) is 9.15. The van der Waals surface area contributed by atoms with Gasteiger partial charge >= 0.3 is 0 Å². The van der Waals surface area contributed by atoms with Crippen LogP contribution in [0.15, 0.2) is 52.5 Å². The molecule has 0 spiro atoms. The van der Waals surface area contributed by atoms with E-state index >= 15 is 0 Å². The van der Waals surface area contributed by atoms with Gasteiger partial charge in [0.05, 0.1) is 5.02 Å². The van der Waals surface area contributed by atoms with E-state index in [0.717, 1.165) is 21.4 Å². The molecule has 0 aliphatic heterocycles. The van der Waals surface area contributed by atoms with Gasteiger partial charge in [0, 0.05) is 34.8 Å². The third kappa shape index (κ3) is 4.53. The lowest BCUT2D eigenvalue weighted by Gasteiger charge is -2.10. The van der Waals surface area contributed by atoms with Crippen LogP contribution in [-0.2, 0) is 6.54 Å². The first kappa shape index (κ1) is 14.4. The summed E-state index contributed by atoms with van der Waals surface area (Å²) in [6.45, 7) is 5.11. The van der Waals surface area contributed by atoms with Crippen molar-refractivity contribution in [3.8, 4) is 0 Å². The number of rotatable bonds is 5. The molecular weight excluding hydrogens is 276 g/mol. The first-order valence-electron chi connectivity index (χ1n) is 6.25. The number of pyridine rings is 1. The molecule has 0 radical (unpaired) electrons. The van der Waals surface area contributed by atoms with Crippen LogP contribution in [0.25, 0.3) is 0 Å². The molecule has 2 nitrogen and oxygen atoms in total. The Balaban J connectivity index is 2.07. The van der Waals surface area contributed by atoms with Crippen LogP contribution in [0.4, 0.5) is 0 Å². The van der Waals surface area contributed by atoms with Crippen LogP contribution >= 0.6 is 23.4 Å². The van der Waals surface area contributed by atoms with E-state index in [4.69, 9.17) is 11.6 Å². The molecular formula is C15H17ClN2S. The lowest BCUT2D eigenvalue weighted by molar-refractivity contribution is 0.589. The fraction of sp³-hybridized carbons (Fsp3) is 0.267. The number of hydrogen-bond acceptors (Lipinski definition) is 3. The van der Waals surface area contributed by atoms with Crippen LogP contribution in [0.2, 0.25) is 5.02 Å². The van der Waals surface area contributed by atoms with Crippen molar-refractivity contribution in [2.45, 2.75) is 36.2 Å². The topological polar surface area (TPSA) is 24.9 Å². The van der Waals surface area contributed by atoms with Crippen LogP contribution in [0, 0.1) is 0 Å². The van der Waals surface area contributed by atoms with Gasteiger partial charge in [-0.05, 0) is 29.8 Å². The van der Waals surface area contributed by atoms with Crippen LogP contribution in [0.3, 0.4) is 0 Å². The van der Waals surface area contributed by atoms with Gasteiger partial charge in [0.25, 0.3) is 0 Å². The van der Waals surface area contributed by atoms with E-state index in [-0.39, 0.29) is 0 Å². The third-order valence-corrected chi connectivity index (χ3v) is 4.10. The number of aromatic nitrogens is 1. The largest absolute Gasteiger partial charge is 0.310 e. The second kappa shape index (κ2) is 6.94. The first-order valence-corrected chi connectivity index (χ1v) is 7.44. The summed E-state index contributed by atoms with van der Waals surface area (Å²) in [6.07, 6.45) is 3.58. The highest BCUT2D eigenvalue weighted by Crippen LogP contribution is 2.33. The normalized spacial score (nSPS) is 10.9. The maximum absolute atomic E-state index is 6.33. The van der Waals surface area contributed by atoms with Gasteiger partial charge in [0.2, 0.25) is 0 Å². The molecule has 0 atom stereocenters. The Morgan fingerprint density at radius 2 is 1.95 bits per heavy atom. The maximum atomic E-state index is 6.33. The van der Waals surface area contributed by atoms with E-state index in [2.05, 4.69) is 36.3 Å². The van der Waals surface area contributed by atoms with E-state index in [0.29, 0.717) is 6.04 Å². The molecule has 100 valence electrons. The molecule has 1 heterocycles. The summed E-state index contributed by atoms with van der Waals surface area (Å²) in [5.41, 5.74) is 1.21. The SMILES string of the molecule is CC(C)NCc1ccc(Sc2ccncc2)c(Cl)c1. The molecule has 0 aliphatic rings.